The zero-order chi connectivity index (χ0) is 28.3. The fourth-order valence-corrected chi connectivity index (χ4v) is 7.05. The second kappa shape index (κ2) is 9.58. The molecular formula is C42H28O. The van der Waals surface area contributed by atoms with E-state index in [1.165, 1.54) is 65.7 Å². The fraction of sp³-hybridized carbons (Fsp3) is 0.0476. The molecule has 0 amide bonds. The Hall–Kier alpha value is -5.40. The molecule has 9 rings (SSSR count). The average molecular weight is 549 g/mol. The van der Waals surface area contributed by atoms with Crippen molar-refractivity contribution in [2.24, 2.45) is 0 Å². The highest BCUT2D eigenvalue weighted by Gasteiger charge is 2.18. The Morgan fingerprint density at radius 2 is 1.02 bits per heavy atom. The summed E-state index contributed by atoms with van der Waals surface area (Å²) in [6.07, 6.45) is 9.13. The summed E-state index contributed by atoms with van der Waals surface area (Å²) in [5.74, 6) is 0. The standard InChI is InChI=1S/C42H28O/c1-2-11-27(12-3-1)28-15-10-16-31(23-28)41-33-17-6-8-19-35(33)42(36-20-9-7-18-34(36)41)32-21-22-39-37(25-32)38-24-29-13-4-5-14-30(29)26-40(38)43-39/h2,4-26H,1,3H2. The summed E-state index contributed by atoms with van der Waals surface area (Å²) >= 11 is 0. The molecule has 0 radical (unpaired) electrons. The van der Waals surface area contributed by atoms with Crippen LogP contribution in [0.3, 0.4) is 0 Å². The molecule has 0 saturated carbocycles. The van der Waals surface area contributed by atoms with Crippen molar-refractivity contribution in [3.8, 4) is 22.3 Å². The normalized spacial score (nSPS) is 13.4. The highest BCUT2D eigenvalue weighted by molar-refractivity contribution is 6.22. The van der Waals surface area contributed by atoms with Crippen LogP contribution in [0.4, 0.5) is 0 Å². The molecule has 0 spiro atoms. The molecule has 1 heterocycles. The maximum atomic E-state index is 6.36. The van der Waals surface area contributed by atoms with Crippen molar-refractivity contribution >= 4 is 59.8 Å². The molecule has 7 aromatic carbocycles. The van der Waals surface area contributed by atoms with Crippen LogP contribution in [0.15, 0.2) is 150 Å². The van der Waals surface area contributed by atoms with E-state index in [9.17, 15) is 0 Å². The molecule has 1 aliphatic rings. The summed E-state index contributed by atoms with van der Waals surface area (Å²) in [5.41, 5.74) is 9.44. The van der Waals surface area contributed by atoms with Crippen LogP contribution in [-0.2, 0) is 0 Å². The lowest BCUT2D eigenvalue weighted by atomic mass is 9.85. The first-order valence-electron chi connectivity index (χ1n) is 15.1. The lowest BCUT2D eigenvalue weighted by Gasteiger charge is -2.18. The summed E-state index contributed by atoms with van der Waals surface area (Å²) in [6, 6.07) is 46.5. The zero-order valence-electron chi connectivity index (χ0n) is 23.7. The van der Waals surface area contributed by atoms with Gasteiger partial charge in [0.2, 0.25) is 0 Å². The Morgan fingerprint density at radius 1 is 0.419 bits per heavy atom. The van der Waals surface area contributed by atoms with Gasteiger partial charge in [0.15, 0.2) is 0 Å². The molecule has 1 heteroatoms. The van der Waals surface area contributed by atoms with Crippen LogP contribution < -0.4 is 0 Å². The van der Waals surface area contributed by atoms with E-state index in [-0.39, 0.29) is 0 Å². The largest absolute Gasteiger partial charge is 0.456 e. The van der Waals surface area contributed by atoms with Gasteiger partial charge in [-0.2, -0.15) is 0 Å². The molecular weight excluding hydrogens is 520 g/mol. The Kier molecular flexibility index (Phi) is 5.39. The maximum Gasteiger partial charge on any atom is 0.136 e. The Bertz CT molecular complexity index is 2390. The highest BCUT2D eigenvalue weighted by Crippen LogP contribution is 2.45. The molecule has 1 aromatic heterocycles. The zero-order valence-corrected chi connectivity index (χ0v) is 23.7. The van der Waals surface area contributed by atoms with Gasteiger partial charge in [-0.25, -0.2) is 0 Å². The maximum absolute atomic E-state index is 6.36. The predicted octanol–water partition coefficient (Wildman–Crippen LogP) is 12.1. The van der Waals surface area contributed by atoms with Gasteiger partial charge in [0.1, 0.15) is 11.2 Å². The molecule has 0 atom stereocenters. The summed E-state index contributed by atoms with van der Waals surface area (Å²) in [7, 11) is 0. The monoisotopic (exact) mass is 548 g/mol. The summed E-state index contributed by atoms with van der Waals surface area (Å²) in [4.78, 5) is 0. The van der Waals surface area contributed by atoms with Crippen LogP contribution in [0.1, 0.15) is 18.4 Å². The first-order chi connectivity index (χ1) is 21.3. The molecule has 1 aliphatic carbocycles. The van der Waals surface area contributed by atoms with Crippen LogP contribution in [0, 0.1) is 0 Å². The number of hydrogen-bond acceptors (Lipinski definition) is 1. The SMILES string of the molecule is C1=CC(c2cccc(-c3c4ccccc4c(-c4ccc5oc6cc7ccccc7cc6c5c4)c4ccccc34)c2)=CCC1. The number of hydrogen-bond donors (Lipinski definition) is 0. The van der Waals surface area contributed by atoms with Gasteiger partial charge in [0.25, 0.3) is 0 Å². The van der Waals surface area contributed by atoms with Gasteiger partial charge in [-0.1, -0.05) is 115 Å². The molecule has 0 N–H and O–H groups in total. The first kappa shape index (κ1) is 24.2. The molecule has 0 saturated heterocycles. The third-order valence-electron chi connectivity index (χ3n) is 9.04. The highest BCUT2D eigenvalue weighted by atomic mass is 16.3. The third kappa shape index (κ3) is 3.86. The topological polar surface area (TPSA) is 13.1 Å². The lowest BCUT2D eigenvalue weighted by molar-refractivity contribution is 0.669. The fourth-order valence-electron chi connectivity index (χ4n) is 7.05. The quantitative estimate of drug-likeness (QED) is 0.200. The lowest BCUT2D eigenvalue weighted by Crippen LogP contribution is -1.92. The van der Waals surface area contributed by atoms with Gasteiger partial charge in [-0.05, 0) is 109 Å². The van der Waals surface area contributed by atoms with E-state index >= 15 is 0 Å². The van der Waals surface area contributed by atoms with E-state index < -0.39 is 0 Å². The van der Waals surface area contributed by atoms with Crippen molar-refractivity contribution in [2.45, 2.75) is 12.8 Å². The van der Waals surface area contributed by atoms with Crippen LogP contribution in [-0.4, -0.2) is 0 Å². The van der Waals surface area contributed by atoms with E-state index in [0.717, 1.165) is 34.8 Å². The summed E-state index contributed by atoms with van der Waals surface area (Å²) in [5, 5.41) is 9.79. The van der Waals surface area contributed by atoms with Crippen molar-refractivity contribution in [2.75, 3.05) is 0 Å². The van der Waals surface area contributed by atoms with Crippen molar-refractivity contribution in [3.05, 3.63) is 151 Å². The second-order valence-electron chi connectivity index (χ2n) is 11.6. The van der Waals surface area contributed by atoms with Gasteiger partial charge in [-0.3, -0.25) is 0 Å². The minimum Gasteiger partial charge on any atom is -0.456 e. The van der Waals surface area contributed by atoms with Crippen molar-refractivity contribution < 1.29 is 4.42 Å². The van der Waals surface area contributed by atoms with Gasteiger partial charge in [0.05, 0.1) is 0 Å². The van der Waals surface area contributed by atoms with Crippen LogP contribution in [0.2, 0.25) is 0 Å². The number of allylic oxidation sites excluding steroid dienone is 4. The Balaban J connectivity index is 1.32. The van der Waals surface area contributed by atoms with Crippen molar-refractivity contribution in [1.82, 2.24) is 0 Å². The summed E-state index contributed by atoms with van der Waals surface area (Å²) < 4.78 is 6.36. The van der Waals surface area contributed by atoms with E-state index in [4.69, 9.17) is 4.42 Å². The number of fused-ring (bicyclic) bond motifs is 6. The van der Waals surface area contributed by atoms with Crippen LogP contribution in [0.5, 0.6) is 0 Å². The summed E-state index contributed by atoms with van der Waals surface area (Å²) in [6.45, 7) is 0. The smallest absolute Gasteiger partial charge is 0.136 e. The Labute approximate surface area is 250 Å². The molecule has 0 unspecified atom stereocenters. The van der Waals surface area contributed by atoms with Gasteiger partial charge in [-0.15, -0.1) is 0 Å². The van der Waals surface area contributed by atoms with E-state index in [2.05, 4.69) is 146 Å². The number of benzene rings is 7. The number of furan rings is 1. The minimum absolute atomic E-state index is 0.919. The Morgan fingerprint density at radius 3 is 1.70 bits per heavy atom. The van der Waals surface area contributed by atoms with Crippen molar-refractivity contribution in [3.63, 3.8) is 0 Å². The van der Waals surface area contributed by atoms with Gasteiger partial charge < -0.3 is 4.42 Å². The van der Waals surface area contributed by atoms with Crippen LogP contribution >= 0.6 is 0 Å². The molecule has 0 bridgehead atoms. The molecule has 43 heavy (non-hydrogen) atoms. The van der Waals surface area contributed by atoms with Gasteiger partial charge >= 0.3 is 0 Å². The van der Waals surface area contributed by atoms with E-state index in [1.807, 2.05) is 0 Å². The molecule has 202 valence electrons. The van der Waals surface area contributed by atoms with Gasteiger partial charge in [0, 0.05) is 10.8 Å². The first-order valence-corrected chi connectivity index (χ1v) is 15.1. The predicted molar refractivity (Wildman–Crippen MR) is 183 cm³/mol. The molecule has 0 fully saturated rings. The average Bonchev–Trinajstić information content (AvgIpc) is 3.43. The van der Waals surface area contributed by atoms with Crippen molar-refractivity contribution in [1.29, 1.82) is 0 Å². The molecule has 8 aromatic rings. The van der Waals surface area contributed by atoms with E-state index in [1.54, 1.807) is 0 Å². The van der Waals surface area contributed by atoms with Crippen LogP contribution in [0.25, 0.3) is 82.1 Å². The second-order valence-corrected chi connectivity index (χ2v) is 11.6. The molecule has 0 aliphatic heterocycles. The number of rotatable bonds is 3. The third-order valence-corrected chi connectivity index (χ3v) is 9.04. The van der Waals surface area contributed by atoms with E-state index in [0.29, 0.717) is 0 Å². The molecule has 1 nitrogen and oxygen atoms in total. The minimum atomic E-state index is 0.919.